The molecule has 1 N–H and O–H groups in total. The first-order valence-electron chi connectivity index (χ1n) is 12.2. The molecule has 1 amide bonds. The molecule has 2 aliphatic rings. The van der Waals surface area contributed by atoms with E-state index >= 15 is 0 Å². The van der Waals surface area contributed by atoms with Crippen LogP contribution in [-0.2, 0) is 21.2 Å². The maximum Gasteiger partial charge on any atom is 0.263 e. The largest absolute Gasteiger partial charge is 0.360 e. The van der Waals surface area contributed by atoms with Crippen molar-refractivity contribution in [2.45, 2.75) is 49.5 Å². The molecule has 1 aromatic heterocycles. The Morgan fingerprint density at radius 2 is 1.92 bits per heavy atom. The molecule has 0 saturated carbocycles. The number of anilines is 2. The Hall–Kier alpha value is -2.62. The maximum atomic E-state index is 13.4. The van der Waals surface area contributed by atoms with E-state index < -0.39 is 10.0 Å². The molecule has 1 saturated heterocycles. The molecule has 0 bridgehead atoms. The topological polar surface area (TPSA) is 82.6 Å². The predicted octanol–water partition coefficient (Wildman–Crippen LogP) is 5.39. The minimum absolute atomic E-state index is 0. The zero-order chi connectivity index (χ0) is 25.3. The summed E-state index contributed by atoms with van der Waals surface area (Å²) in [5.74, 6) is 0.455. The smallest absolute Gasteiger partial charge is 0.263 e. The van der Waals surface area contributed by atoms with Crippen LogP contribution in [0.2, 0.25) is 5.02 Å². The highest BCUT2D eigenvalue weighted by Gasteiger charge is 2.32. The number of sulfonamides is 1. The second kappa shape index (κ2) is 10.4. The van der Waals surface area contributed by atoms with Gasteiger partial charge in [0.1, 0.15) is 6.04 Å². The standard InChI is InChI=1S/C26H29ClN4O3S2.H2/c1-18(31-13-2-3-21-17-22(27)6-9-24(21)31)25(32)30-14-10-20(11-15-30)19-4-7-23(8-5-19)36(33,34)29-26-28-12-16-35-26;/h4-9,12,16-18,20H,2-3,10-11,13-15H2,1H3,(H,28,29);1H/t18-;/m0./s1. The van der Waals surface area contributed by atoms with Crippen LogP contribution in [0.1, 0.15) is 44.7 Å². The van der Waals surface area contributed by atoms with Crippen molar-refractivity contribution in [3.05, 3.63) is 70.2 Å². The van der Waals surface area contributed by atoms with E-state index in [1.165, 1.54) is 16.9 Å². The van der Waals surface area contributed by atoms with Gasteiger partial charge in [0.2, 0.25) is 5.91 Å². The number of hydrogen-bond acceptors (Lipinski definition) is 6. The summed E-state index contributed by atoms with van der Waals surface area (Å²) in [5, 5.41) is 2.81. The summed E-state index contributed by atoms with van der Waals surface area (Å²) in [6.45, 7) is 4.25. The van der Waals surface area contributed by atoms with Gasteiger partial charge in [0.15, 0.2) is 5.13 Å². The molecule has 0 radical (unpaired) electrons. The Morgan fingerprint density at radius 3 is 2.61 bits per heavy atom. The Balaban J connectivity index is 0.00000320. The zero-order valence-electron chi connectivity index (χ0n) is 20.1. The molecule has 3 heterocycles. The van der Waals surface area contributed by atoms with Gasteiger partial charge in [0, 0.05) is 43.3 Å². The minimum atomic E-state index is -3.66. The number of carbonyl (C=O) groups is 1. The maximum absolute atomic E-state index is 13.4. The number of fused-ring (bicyclic) bond motifs is 1. The molecular weight excluding hydrogens is 516 g/mol. The van der Waals surface area contributed by atoms with Gasteiger partial charge >= 0.3 is 0 Å². The average Bonchev–Trinajstić information content (AvgIpc) is 3.40. The van der Waals surface area contributed by atoms with Gasteiger partial charge in [-0.25, -0.2) is 13.4 Å². The first-order valence-corrected chi connectivity index (χ1v) is 14.9. The van der Waals surface area contributed by atoms with Crippen LogP contribution in [0.3, 0.4) is 0 Å². The Bertz CT molecular complexity index is 1330. The average molecular weight is 547 g/mol. The number of piperidine rings is 1. The number of carbonyl (C=O) groups excluding carboxylic acids is 1. The molecule has 0 aliphatic carbocycles. The molecule has 5 rings (SSSR count). The van der Waals surface area contributed by atoms with Gasteiger partial charge in [-0.2, -0.15) is 0 Å². The lowest BCUT2D eigenvalue weighted by Gasteiger charge is -2.40. The summed E-state index contributed by atoms with van der Waals surface area (Å²) in [7, 11) is -3.66. The molecule has 36 heavy (non-hydrogen) atoms. The van der Waals surface area contributed by atoms with E-state index in [1.54, 1.807) is 23.7 Å². The molecule has 2 aromatic carbocycles. The number of aryl methyl sites for hydroxylation is 1. The number of thiazole rings is 1. The van der Waals surface area contributed by atoms with E-state index in [4.69, 9.17) is 11.6 Å². The molecule has 0 spiro atoms. The highest BCUT2D eigenvalue weighted by Crippen LogP contribution is 2.33. The Kier molecular flexibility index (Phi) is 7.23. The van der Waals surface area contributed by atoms with Crippen molar-refractivity contribution in [3.63, 3.8) is 0 Å². The van der Waals surface area contributed by atoms with Gasteiger partial charge < -0.3 is 9.80 Å². The van der Waals surface area contributed by atoms with E-state index in [0.29, 0.717) is 24.1 Å². The van der Waals surface area contributed by atoms with Gasteiger partial charge in [-0.3, -0.25) is 9.52 Å². The first-order chi connectivity index (χ1) is 17.3. The van der Waals surface area contributed by atoms with Crippen molar-refractivity contribution in [1.29, 1.82) is 0 Å². The molecular formula is C26H31ClN4O3S2. The monoisotopic (exact) mass is 546 g/mol. The van der Waals surface area contributed by atoms with Crippen molar-refractivity contribution in [2.75, 3.05) is 29.3 Å². The molecule has 3 aromatic rings. The summed E-state index contributed by atoms with van der Waals surface area (Å²) in [5.41, 5.74) is 3.42. The van der Waals surface area contributed by atoms with Crippen LogP contribution in [0, 0.1) is 0 Å². The van der Waals surface area contributed by atoms with Crippen LogP contribution < -0.4 is 9.62 Å². The number of likely N-dealkylation sites (tertiary alicyclic amines) is 1. The first kappa shape index (κ1) is 25.0. The fraction of sp³-hybridized carbons (Fsp3) is 0.385. The second-order valence-corrected chi connectivity index (χ2v) is 12.4. The van der Waals surface area contributed by atoms with Gasteiger partial charge in [-0.15, -0.1) is 11.3 Å². The molecule has 1 atom stereocenters. The summed E-state index contributed by atoms with van der Waals surface area (Å²) in [6, 6.07) is 12.8. The summed E-state index contributed by atoms with van der Waals surface area (Å²) >= 11 is 7.42. The predicted molar refractivity (Wildman–Crippen MR) is 147 cm³/mol. The van der Waals surface area contributed by atoms with Crippen LogP contribution in [0.5, 0.6) is 0 Å². The number of benzene rings is 2. The number of nitrogens with zero attached hydrogens (tertiary/aromatic N) is 3. The van der Waals surface area contributed by atoms with Crippen LogP contribution in [0.15, 0.2) is 58.9 Å². The third-order valence-corrected chi connectivity index (χ3v) is 9.55. The van der Waals surface area contributed by atoms with E-state index in [9.17, 15) is 13.2 Å². The number of nitrogens with one attached hydrogen (secondary N) is 1. The molecule has 192 valence electrons. The van der Waals surface area contributed by atoms with Gasteiger partial charge in [-0.05, 0) is 80.0 Å². The second-order valence-electron chi connectivity index (χ2n) is 9.36. The SMILES string of the molecule is C[C@@H](C(=O)N1CCC(c2ccc(S(=O)(=O)Nc3nccs3)cc2)CC1)N1CCCc2cc(Cl)ccc21.[HH]. The van der Waals surface area contributed by atoms with Crippen LogP contribution >= 0.6 is 22.9 Å². The molecule has 7 nitrogen and oxygen atoms in total. The number of rotatable bonds is 6. The van der Waals surface area contributed by atoms with Crippen molar-refractivity contribution in [3.8, 4) is 0 Å². The lowest BCUT2D eigenvalue weighted by molar-refractivity contribution is -0.133. The Morgan fingerprint density at radius 1 is 1.17 bits per heavy atom. The van der Waals surface area contributed by atoms with E-state index in [0.717, 1.165) is 48.5 Å². The van der Waals surface area contributed by atoms with Crippen LogP contribution in [-0.4, -0.2) is 49.9 Å². The minimum Gasteiger partial charge on any atom is -0.360 e. The van der Waals surface area contributed by atoms with Gasteiger partial charge in [-0.1, -0.05) is 23.7 Å². The quantitative estimate of drug-likeness (QED) is 0.448. The summed E-state index contributed by atoms with van der Waals surface area (Å²) < 4.78 is 27.7. The molecule has 1 fully saturated rings. The van der Waals surface area contributed by atoms with E-state index in [1.807, 2.05) is 42.2 Å². The van der Waals surface area contributed by atoms with E-state index in [-0.39, 0.29) is 18.3 Å². The summed E-state index contributed by atoms with van der Waals surface area (Å²) in [4.78, 5) is 21.8. The van der Waals surface area contributed by atoms with Crippen molar-refractivity contribution in [2.24, 2.45) is 0 Å². The van der Waals surface area contributed by atoms with Gasteiger partial charge in [0.05, 0.1) is 4.90 Å². The van der Waals surface area contributed by atoms with Crippen LogP contribution in [0.25, 0.3) is 0 Å². The van der Waals surface area contributed by atoms with Crippen LogP contribution in [0.4, 0.5) is 10.8 Å². The number of hydrogen-bond donors (Lipinski definition) is 1. The Labute approximate surface area is 222 Å². The lowest BCUT2D eigenvalue weighted by atomic mass is 9.89. The number of halogens is 1. The highest BCUT2D eigenvalue weighted by molar-refractivity contribution is 7.93. The lowest BCUT2D eigenvalue weighted by Crippen LogP contribution is -2.50. The summed E-state index contributed by atoms with van der Waals surface area (Å²) in [6.07, 6.45) is 5.27. The van der Waals surface area contributed by atoms with Gasteiger partial charge in [0.25, 0.3) is 10.0 Å². The number of amides is 1. The zero-order valence-corrected chi connectivity index (χ0v) is 22.5. The third kappa shape index (κ3) is 5.23. The fourth-order valence-corrected chi connectivity index (χ4v) is 7.18. The molecule has 10 heteroatoms. The van der Waals surface area contributed by atoms with Crippen molar-refractivity contribution >= 4 is 49.7 Å². The fourth-order valence-electron chi connectivity index (χ4n) is 5.19. The van der Waals surface area contributed by atoms with Crippen molar-refractivity contribution in [1.82, 2.24) is 9.88 Å². The highest BCUT2D eigenvalue weighted by atomic mass is 35.5. The molecule has 2 aliphatic heterocycles. The normalized spacial score (nSPS) is 17.5. The molecule has 0 unspecified atom stereocenters. The van der Waals surface area contributed by atoms with Crippen molar-refractivity contribution < 1.29 is 14.6 Å². The van der Waals surface area contributed by atoms with E-state index in [2.05, 4.69) is 14.6 Å². The number of aromatic nitrogens is 1. The third-order valence-electron chi connectivity index (χ3n) is 7.14.